The molecule has 1 amide bonds. The molecule has 0 aliphatic carbocycles. The highest BCUT2D eigenvalue weighted by atomic mass is 16.2. The summed E-state index contributed by atoms with van der Waals surface area (Å²) >= 11 is 0. The molecule has 122 valence electrons. The number of nitrogens with one attached hydrogen (secondary N) is 1. The van der Waals surface area contributed by atoms with Crippen LogP contribution in [0.3, 0.4) is 0 Å². The average molecular weight is 295 g/mol. The molecule has 0 bridgehead atoms. The van der Waals surface area contributed by atoms with Gasteiger partial charge in [-0.15, -0.1) is 0 Å². The van der Waals surface area contributed by atoms with Crippen LogP contribution in [-0.2, 0) is 4.79 Å². The van der Waals surface area contributed by atoms with Crippen molar-refractivity contribution in [3.63, 3.8) is 0 Å². The second-order valence-electron chi connectivity index (χ2n) is 6.97. The highest BCUT2D eigenvalue weighted by molar-refractivity contribution is 5.81. The fraction of sp³-hybridized carbons (Fsp3) is 0.941. The molecule has 1 N–H and O–H groups in total. The summed E-state index contributed by atoms with van der Waals surface area (Å²) in [6.07, 6.45) is 4.75. The number of hydrogen-bond donors (Lipinski definition) is 1. The van der Waals surface area contributed by atoms with Gasteiger partial charge >= 0.3 is 0 Å². The van der Waals surface area contributed by atoms with Crippen LogP contribution < -0.4 is 5.32 Å². The van der Waals surface area contributed by atoms with Gasteiger partial charge in [0.05, 0.1) is 6.04 Å². The van der Waals surface area contributed by atoms with Crippen LogP contribution in [0.1, 0.15) is 53.4 Å². The summed E-state index contributed by atoms with van der Waals surface area (Å²) in [7, 11) is 0. The molecule has 4 nitrogen and oxygen atoms in total. The van der Waals surface area contributed by atoms with Crippen LogP contribution in [0.2, 0.25) is 0 Å². The molecule has 3 unspecified atom stereocenters. The number of nitrogens with zero attached hydrogens (tertiary/aromatic N) is 2. The van der Waals surface area contributed by atoms with Crippen molar-refractivity contribution in [3.8, 4) is 0 Å². The van der Waals surface area contributed by atoms with E-state index in [1.807, 2.05) is 0 Å². The summed E-state index contributed by atoms with van der Waals surface area (Å²) in [4.78, 5) is 17.3. The first kappa shape index (κ1) is 16.8. The van der Waals surface area contributed by atoms with E-state index >= 15 is 0 Å². The van der Waals surface area contributed by atoms with Gasteiger partial charge in [0, 0.05) is 25.2 Å². The van der Waals surface area contributed by atoms with Crippen molar-refractivity contribution in [1.29, 1.82) is 0 Å². The van der Waals surface area contributed by atoms with Crippen LogP contribution in [0, 0.1) is 5.92 Å². The lowest BCUT2D eigenvalue weighted by Gasteiger charge is -2.38. The first-order valence-electron chi connectivity index (χ1n) is 8.81. The van der Waals surface area contributed by atoms with Gasteiger partial charge in [-0.25, -0.2) is 0 Å². The van der Waals surface area contributed by atoms with Gasteiger partial charge in [0.1, 0.15) is 0 Å². The molecule has 2 aliphatic heterocycles. The zero-order valence-corrected chi connectivity index (χ0v) is 14.3. The van der Waals surface area contributed by atoms with Crippen molar-refractivity contribution < 1.29 is 4.79 Å². The van der Waals surface area contributed by atoms with Crippen molar-refractivity contribution in [2.24, 2.45) is 5.92 Å². The van der Waals surface area contributed by atoms with Crippen molar-refractivity contribution in [2.75, 3.05) is 26.2 Å². The minimum absolute atomic E-state index is 0.0443. The van der Waals surface area contributed by atoms with E-state index < -0.39 is 0 Å². The lowest BCUT2D eigenvalue weighted by molar-refractivity contribution is -0.138. The Labute approximate surface area is 130 Å². The van der Waals surface area contributed by atoms with Crippen LogP contribution in [0.25, 0.3) is 0 Å². The maximum Gasteiger partial charge on any atom is 0.239 e. The van der Waals surface area contributed by atoms with Gasteiger partial charge < -0.3 is 10.2 Å². The quantitative estimate of drug-likeness (QED) is 0.843. The number of carbonyl (C=O) groups excluding carboxylic acids is 1. The second-order valence-corrected chi connectivity index (χ2v) is 6.97. The molecule has 0 aromatic heterocycles. The van der Waals surface area contributed by atoms with E-state index in [2.05, 4.69) is 42.8 Å². The zero-order chi connectivity index (χ0) is 15.4. The summed E-state index contributed by atoms with van der Waals surface area (Å²) in [6, 6.07) is 1.14. The number of rotatable bonds is 5. The Kier molecular flexibility index (Phi) is 6.06. The molecular weight excluding hydrogens is 262 g/mol. The zero-order valence-electron chi connectivity index (χ0n) is 14.3. The third-order valence-corrected chi connectivity index (χ3v) is 5.43. The minimum Gasteiger partial charge on any atom is -0.341 e. The van der Waals surface area contributed by atoms with Crippen molar-refractivity contribution >= 4 is 5.91 Å². The normalized spacial score (nSPS) is 29.8. The molecular formula is C17H33N3O. The highest BCUT2D eigenvalue weighted by Gasteiger charge is 2.36. The van der Waals surface area contributed by atoms with Gasteiger partial charge in [0.15, 0.2) is 0 Å². The Morgan fingerprint density at radius 1 is 1.14 bits per heavy atom. The number of hydrogen-bond acceptors (Lipinski definition) is 3. The molecule has 0 radical (unpaired) electrons. The third kappa shape index (κ3) is 3.98. The van der Waals surface area contributed by atoms with E-state index in [0.29, 0.717) is 18.0 Å². The van der Waals surface area contributed by atoms with Crippen molar-refractivity contribution in [3.05, 3.63) is 0 Å². The van der Waals surface area contributed by atoms with E-state index in [1.54, 1.807) is 0 Å². The Balaban J connectivity index is 1.84. The smallest absolute Gasteiger partial charge is 0.239 e. The molecule has 0 saturated carbocycles. The topological polar surface area (TPSA) is 35.6 Å². The van der Waals surface area contributed by atoms with Crippen molar-refractivity contribution in [1.82, 2.24) is 15.1 Å². The maximum atomic E-state index is 12.8. The highest BCUT2D eigenvalue weighted by Crippen LogP contribution is 2.27. The second kappa shape index (κ2) is 7.59. The lowest BCUT2D eigenvalue weighted by Crippen LogP contribution is -2.52. The standard InChI is InChI=1S/C17H33N3O/c1-5-18-12-16-8-10-19(11-9-16)17(21)15(4)20-13(2)6-7-14(20)3/h13-16,18H,5-12H2,1-4H3. The SMILES string of the molecule is CCNCC1CCN(C(=O)C(C)N2C(C)CCC2C)CC1. The molecule has 3 atom stereocenters. The van der Waals surface area contributed by atoms with Crippen LogP contribution in [0.4, 0.5) is 0 Å². The summed E-state index contributed by atoms with van der Waals surface area (Å²) in [5.41, 5.74) is 0. The maximum absolute atomic E-state index is 12.8. The molecule has 21 heavy (non-hydrogen) atoms. The molecule has 2 rings (SSSR count). The Morgan fingerprint density at radius 3 is 2.24 bits per heavy atom. The number of carbonyl (C=O) groups is 1. The van der Waals surface area contributed by atoms with Crippen LogP contribution in [0.5, 0.6) is 0 Å². The van der Waals surface area contributed by atoms with Gasteiger partial charge in [0.25, 0.3) is 0 Å². The van der Waals surface area contributed by atoms with E-state index in [9.17, 15) is 4.79 Å². The number of piperidine rings is 1. The predicted octanol–water partition coefficient (Wildman–Crippen LogP) is 2.10. The molecule has 4 heteroatoms. The van der Waals surface area contributed by atoms with E-state index in [-0.39, 0.29) is 6.04 Å². The lowest BCUT2D eigenvalue weighted by atomic mass is 9.96. The Bertz CT molecular complexity index is 329. The van der Waals surface area contributed by atoms with E-state index in [1.165, 1.54) is 12.8 Å². The minimum atomic E-state index is 0.0443. The van der Waals surface area contributed by atoms with Crippen molar-refractivity contribution in [2.45, 2.75) is 71.5 Å². The first-order chi connectivity index (χ1) is 10.0. The summed E-state index contributed by atoms with van der Waals surface area (Å²) in [6.45, 7) is 12.8. The van der Waals surface area contributed by atoms with Crippen LogP contribution in [0.15, 0.2) is 0 Å². The molecule has 2 aliphatic rings. The first-order valence-corrected chi connectivity index (χ1v) is 8.81. The van der Waals surface area contributed by atoms with Gasteiger partial charge in [0.2, 0.25) is 5.91 Å². The largest absolute Gasteiger partial charge is 0.341 e. The molecule has 2 fully saturated rings. The summed E-state index contributed by atoms with van der Waals surface area (Å²) < 4.78 is 0. The Morgan fingerprint density at radius 2 is 1.71 bits per heavy atom. The monoisotopic (exact) mass is 295 g/mol. The summed E-state index contributed by atoms with van der Waals surface area (Å²) in [5, 5.41) is 3.43. The molecule has 0 aromatic rings. The molecule has 2 saturated heterocycles. The number of likely N-dealkylation sites (tertiary alicyclic amines) is 2. The van der Waals surface area contributed by atoms with Crippen LogP contribution >= 0.6 is 0 Å². The fourth-order valence-electron chi connectivity index (χ4n) is 4.08. The molecule has 0 aromatic carbocycles. The van der Waals surface area contributed by atoms with Crippen LogP contribution in [-0.4, -0.2) is 60.0 Å². The number of amides is 1. The summed E-state index contributed by atoms with van der Waals surface area (Å²) in [5.74, 6) is 1.09. The van der Waals surface area contributed by atoms with Gasteiger partial charge in [-0.2, -0.15) is 0 Å². The van der Waals surface area contributed by atoms with E-state index in [4.69, 9.17) is 0 Å². The third-order valence-electron chi connectivity index (χ3n) is 5.43. The predicted molar refractivity (Wildman–Crippen MR) is 87.3 cm³/mol. The molecule has 2 heterocycles. The van der Waals surface area contributed by atoms with Gasteiger partial charge in [-0.1, -0.05) is 6.92 Å². The average Bonchev–Trinajstić information content (AvgIpc) is 2.83. The fourth-order valence-corrected chi connectivity index (χ4v) is 4.08. The van der Waals surface area contributed by atoms with Gasteiger partial charge in [-0.3, -0.25) is 9.69 Å². The Hall–Kier alpha value is -0.610. The van der Waals surface area contributed by atoms with E-state index in [0.717, 1.165) is 44.9 Å². The van der Waals surface area contributed by atoms with Gasteiger partial charge in [-0.05, 0) is 65.5 Å². The molecule has 0 spiro atoms.